The van der Waals surface area contributed by atoms with E-state index in [2.05, 4.69) is 10.2 Å². The zero-order chi connectivity index (χ0) is 14.9. The Balaban J connectivity index is 1.78. The molecule has 0 bridgehead atoms. The molecule has 21 heavy (non-hydrogen) atoms. The highest BCUT2D eigenvalue weighted by atomic mass is 32.2. The van der Waals surface area contributed by atoms with Gasteiger partial charge in [-0.3, -0.25) is 4.40 Å². The van der Waals surface area contributed by atoms with Crippen LogP contribution in [0.25, 0.3) is 5.65 Å². The summed E-state index contributed by atoms with van der Waals surface area (Å²) in [6, 6.07) is 2.40. The van der Waals surface area contributed by atoms with E-state index in [9.17, 15) is 13.2 Å². The molecule has 0 amide bonds. The van der Waals surface area contributed by atoms with Crippen molar-refractivity contribution in [3.8, 4) is 0 Å². The molecule has 3 rings (SSSR count). The summed E-state index contributed by atoms with van der Waals surface area (Å²) in [5.41, 5.74) is -0.219. The number of pyridine rings is 1. The fourth-order valence-corrected chi connectivity index (χ4v) is 3.78. The maximum absolute atomic E-state index is 12.8. The number of nitrogens with zero attached hydrogens (tertiary/aromatic N) is 3. The van der Waals surface area contributed by atoms with Gasteiger partial charge in [-0.05, 0) is 30.9 Å². The summed E-state index contributed by atoms with van der Waals surface area (Å²) in [4.78, 5) is 0. The number of alkyl halides is 3. The fourth-order valence-electron chi connectivity index (χ4n) is 2.68. The number of hydrogen-bond acceptors (Lipinski definition) is 3. The van der Waals surface area contributed by atoms with Crippen LogP contribution in [0.5, 0.6) is 0 Å². The predicted octanol–water partition coefficient (Wildman–Crippen LogP) is 4.42. The van der Waals surface area contributed by atoms with Crippen LogP contribution in [0, 0.1) is 5.92 Å². The molecule has 0 spiro atoms. The lowest BCUT2D eigenvalue weighted by atomic mass is 9.91. The number of halogens is 3. The van der Waals surface area contributed by atoms with Crippen LogP contribution < -0.4 is 0 Å². The largest absolute Gasteiger partial charge is 0.417 e. The average molecular weight is 315 g/mol. The Morgan fingerprint density at radius 1 is 1.14 bits per heavy atom. The molecule has 1 fully saturated rings. The van der Waals surface area contributed by atoms with Crippen molar-refractivity contribution in [2.24, 2.45) is 5.92 Å². The second-order valence-electron chi connectivity index (χ2n) is 5.44. The van der Waals surface area contributed by atoms with Crippen molar-refractivity contribution < 1.29 is 13.2 Å². The zero-order valence-electron chi connectivity index (χ0n) is 11.4. The van der Waals surface area contributed by atoms with Crippen molar-refractivity contribution in [1.29, 1.82) is 0 Å². The molecule has 0 N–H and O–H groups in total. The van der Waals surface area contributed by atoms with Gasteiger partial charge in [0.25, 0.3) is 0 Å². The van der Waals surface area contributed by atoms with Crippen molar-refractivity contribution in [2.75, 3.05) is 5.75 Å². The average Bonchev–Trinajstić information content (AvgIpc) is 2.87. The quantitative estimate of drug-likeness (QED) is 0.785. The number of thioether (sulfide) groups is 1. The summed E-state index contributed by atoms with van der Waals surface area (Å²) in [5.74, 6) is 1.54. The van der Waals surface area contributed by atoms with Crippen LogP contribution in [0.15, 0.2) is 23.5 Å². The maximum atomic E-state index is 12.8. The molecule has 0 aromatic carbocycles. The number of fused-ring (bicyclic) bond motifs is 1. The van der Waals surface area contributed by atoms with Gasteiger partial charge in [0.05, 0.1) is 5.56 Å². The second-order valence-corrected chi connectivity index (χ2v) is 6.43. The van der Waals surface area contributed by atoms with E-state index in [-0.39, 0.29) is 0 Å². The van der Waals surface area contributed by atoms with Crippen LogP contribution in [-0.2, 0) is 6.18 Å². The van der Waals surface area contributed by atoms with E-state index in [4.69, 9.17) is 0 Å². The van der Waals surface area contributed by atoms with Gasteiger partial charge in [-0.2, -0.15) is 13.2 Å². The second kappa shape index (κ2) is 5.87. The molecule has 114 valence electrons. The highest BCUT2D eigenvalue weighted by molar-refractivity contribution is 7.99. The molecule has 0 radical (unpaired) electrons. The van der Waals surface area contributed by atoms with Gasteiger partial charge in [-0.1, -0.05) is 31.0 Å². The molecule has 1 aliphatic rings. The lowest BCUT2D eigenvalue weighted by Gasteiger charge is -2.20. The molecule has 1 saturated carbocycles. The monoisotopic (exact) mass is 315 g/mol. The van der Waals surface area contributed by atoms with Crippen LogP contribution in [0.3, 0.4) is 0 Å². The SMILES string of the molecule is FC(F)(F)c1ccc2nnc(SCC3CCCCC3)n2c1. The molecule has 1 aliphatic carbocycles. The lowest BCUT2D eigenvalue weighted by molar-refractivity contribution is -0.137. The van der Waals surface area contributed by atoms with Crippen molar-refractivity contribution in [1.82, 2.24) is 14.6 Å². The molecule has 0 unspecified atom stereocenters. The van der Waals surface area contributed by atoms with Crippen LogP contribution in [0.1, 0.15) is 37.7 Å². The van der Waals surface area contributed by atoms with E-state index < -0.39 is 11.7 Å². The highest BCUT2D eigenvalue weighted by Gasteiger charge is 2.31. The van der Waals surface area contributed by atoms with E-state index in [1.807, 2.05) is 0 Å². The van der Waals surface area contributed by atoms with Crippen LogP contribution in [-0.4, -0.2) is 20.4 Å². The van der Waals surface area contributed by atoms with Gasteiger partial charge in [-0.15, -0.1) is 10.2 Å². The Bertz CT molecular complexity index is 617. The minimum Gasteiger partial charge on any atom is -0.277 e. The lowest BCUT2D eigenvalue weighted by Crippen LogP contribution is -2.09. The van der Waals surface area contributed by atoms with Crippen molar-refractivity contribution in [3.63, 3.8) is 0 Å². The topological polar surface area (TPSA) is 30.2 Å². The van der Waals surface area contributed by atoms with E-state index in [0.717, 1.165) is 18.0 Å². The van der Waals surface area contributed by atoms with Gasteiger partial charge in [-0.25, -0.2) is 0 Å². The van der Waals surface area contributed by atoms with Crippen molar-refractivity contribution >= 4 is 17.4 Å². The first-order valence-electron chi connectivity index (χ1n) is 7.09. The van der Waals surface area contributed by atoms with Gasteiger partial charge in [0.1, 0.15) is 0 Å². The molecular weight excluding hydrogens is 299 g/mol. The third kappa shape index (κ3) is 3.33. The first-order valence-corrected chi connectivity index (χ1v) is 8.07. The Kier molecular flexibility index (Phi) is 4.10. The van der Waals surface area contributed by atoms with E-state index >= 15 is 0 Å². The van der Waals surface area contributed by atoms with E-state index in [1.165, 1.54) is 54.3 Å². The summed E-state index contributed by atoms with van der Waals surface area (Å²) in [5, 5.41) is 8.49. The molecule has 2 heterocycles. The number of rotatable bonds is 3. The first kappa shape index (κ1) is 14.7. The zero-order valence-corrected chi connectivity index (χ0v) is 12.3. The van der Waals surface area contributed by atoms with E-state index in [1.54, 1.807) is 0 Å². The summed E-state index contributed by atoms with van der Waals surface area (Å²) >= 11 is 1.50. The third-order valence-corrected chi connectivity index (χ3v) is 5.05. The Hall–Kier alpha value is -1.24. The maximum Gasteiger partial charge on any atom is 0.417 e. The molecule has 3 nitrogen and oxygen atoms in total. The van der Waals surface area contributed by atoms with Gasteiger partial charge >= 0.3 is 6.18 Å². The minimum atomic E-state index is -4.34. The molecule has 2 aromatic heterocycles. The smallest absolute Gasteiger partial charge is 0.277 e. The number of aromatic nitrogens is 3. The van der Waals surface area contributed by atoms with Gasteiger partial charge in [0.2, 0.25) is 0 Å². The van der Waals surface area contributed by atoms with Crippen LogP contribution >= 0.6 is 11.8 Å². The highest BCUT2D eigenvalue weighted by Crippen LogP contribution is 2.32. The Morgan fingerprint density at radius 3 is 2.62 bits per heavy atom. The first-order chi connectivity index (χ1) is 10.0. The summed E-state index contributed by atoms with van der Waals surface area (Å²) < 4.78 is 39.7. The molecule has 2 aromatic rings. The molecule has 0 saturated heterocycles. The van der Waals surface area contributed by atoms with Crippen LogP contribution in [0.2, 0.25) is 0 Å². The summed E-state index contributed by atoms with van der Waals surface area (Å²) in [6.07, 6.45) is 2.95. The Morgan fingerprint density at radius 2 is 1.90 bits per heavy atom. The van der Waals surface area contributed by atoms with Gasteiger partial charge < -0.3 is 0 Å². The molecule has 0 atom stereocenters. The normalized spacial score (nSPS) is 17.5. The fraction of sp³-hybridized carbons (Fsp3) is 0.571. The van der Waals surface area contributed by atoms with Crippen LogP contribution in [0.4, 0.5) is 13.2 Å². The van der Waals surface area contributed by atoms with Gasteiger partial charge in [0, 0.05) is 11.9 Å². The predicted molar refractivity (Wildman–Crippen MR) is 75.3 cm³/mol. The number of hydrogen-bond donors (Lipinski definition) is 0. The van der Waals surface area contributed by atoms with Crippen molar-refractivity contribution in [2.45, 2.75) is 43.4 Å². The van der Waals surface area contributed by atoms with E-state index in [0.29, 0.717) is 16.7 Å². The summed E-state index contributed by atoms with van der Waals surface area (Å²) in [6.45, 7) is 0. The molecule has 7 heteroatoms. The standard InChI is InChI=1S/C14H16F3N3S/c15-14(16,17)11-6-7-12-18-19-13(20(12)8-11)21-9-10-4-2-1-3-5-10/h6-8,10H,1-5,9H2. The Labute approximate surface area is 124 Å². The third-order valence-electron chi connectivity index (χ3n) is 3.87. The van der Waals surface area contributed by atoms with Crippen molar-refractivity contribution in [3.05, 3.63) is 23.9 Å². The minimum absolute atomic E-state index is 0.453. The van der Waals surface area contributed by atoms with Gasteiger partial charge in [0.15, 0.2) is 10.8 Å². The molecule has 0 aliphatic heterocycles. The summed E-state index contributed by atoms with van der Waals surface area (Å²) in [7, 11) is 0. The molecular formula is C14H16F3N3S.